The summed E-state index contributed by atoms with van der Waals surface area (Å²) in [7, 11) is 2.99. The number of hydrogen-bond acceptors (Lipinski definition) is 5. The number of aromatic hydroxyl groups is 1. The number of para-hydroxylation sites is 1. The lowest BCUT2D eigenvalue weighted by molar-refractivity contribution is 0.101. The molecule has 2 aromatic rings. The Balaban J connectivity index is 2.12. The standard InChI is InChI=1S/C17H13BrO5/c1-21-11-8-12(22-2)15(18)17-14(11)16(20)13(23-17)7-9-5-3-4-6-10(9)19/h3-8,19H,1-2H3. The smallest absolute Gasteiger partial charge is 0.235 e. The van der Waals surface area contributed by atoms with Gasteiger partial charge in [0, 0.05) is 11.6 Å². The maximum absolute atomic E-state index is 12.6. The SMILES string of the molecule is COc1cc(OC)c2c(c1Br)OC(=Cc1ccccc1O)C2=O. The summed E-state index contributed by atoms with van der Waals surface area (Å²) in [5.41, 5.74) is 0.813. The van der Waals surface area contributed by atoms with Crippen LogP contribution in [0.15, 0.2) is 40.6 Å². The Hall–Kier alpha value is -2.47. The summed E-state index contributed by atoms with van der Waals surface area (Å²) in [5, 5.41) is 9.85. The van der Waals surface area contributed by atoms with E-state index in [2.05, 4.69) is 15.9 Å². The van der Waals surface area contributed by atoms with Gasteiger partial charge in [0.2, 0.25) is 5.78 Å². The van der Waals surface area contributed by atoms with Crippen LogP contribution in [-0.4, -0.2) is 25.1 Å². The molecule has 0 bridgehead atoms. The third kappa shape index (κ3) is 2.55. The van der Waals surface area contributed by atoms with Crippen molar-refractivity contribution in [2.24, 2.45) is 0 Å². The summed E-state index contributed by atoms with van der Waals surface area (Å²) in [5.74, 6) is 1.06. The number of Topliss-reactive ketones (excluding diaryl/α,β-unsaturated/α-hetero) is 1. The molecule has 1 heterocycles. The van der Waals surface area contributed by atoms with Crippen molar-refractivity contribution in [3.8, 4) is 23.0 Å². The second-order valence-electron chi connectivity index (χ2n) is 4.80. The highest BCUT2D eigenvalue weighted by molar-refractivity contribution is 9.10. The van der Waals surface area contributed by atoms with Crippen LogP contribution in [0.2, 0.25) is 0 Å². The van der Waals surface area contributed by atoms with Crippen LogP contribution in [0.5, 0.6) is 23.0 Å². The fraction of sp³-hybridized carbons (Fsp3) is 0.118. The van der Waals surface area contributed by atoms with E-state index in [0.29, 0.717) is 32.8 Å². The van der Waals surface area contributed by atoms with Crippen molar-refractivity contribution in [2.45, 2.75) is 0 Å². The average molecular weight is 377 g/mol. The molecule has 0 fully saturated rings. The fourth-order valence-corrected chi connectivity index (χ4v) is 2.89. The molecule has 0 saturated heterocycles. The zero-order valence-electron chi connectivity index (χ0n) is 12.4. The first kappa shape index (κ1) is 15.4. The summed E-state index contributed by atoms with van der Waals surface area (Å²) in [6, 6.07) is 8.31. The molecule has 5 nitrogen and oxygen atoms in total. The second-order valence-corrected chi connectivity index (χ2v) is 5.59. The molecule has 2 aromatic carbocycles. The Bertz CT molecular complexity index is 826. The van der Waals surface area contributed by atoms with Crippen LogP contribution >= 0.6 is 15.9 Å². The molecular formula is C17H13BrO5. The van der Waals surface area contributed by atoms with E-state index in [1.807, 2.05) is 0 Å². The molecule has 0 atom stereocenters. The molecule has 0 aliphatic carbocycles. The number of halogens is 1. The van der Waals surface area contributed by atoms with Gasteiger partial charge in [-0.25, -0.2) is 0 Å². The number of methoxy groups -OCH3 is 2. The van der Waals surface area contributed by atoms with Gasteiger partial charge in [0.15, 0.2) is 11.5 Å². The molecule has 0 radical (unpaired) electrons. The summed E-state index contributed by atoms with van der Waals surface area (Å²) in [4.78, 5) is 12.6. The zero-order valence-corrected chi connectivity index (χ0v) is 14.0. The van der Waals surface area contributed by atoms with Crippen molar-refractivity contribution in [2.75, 3.05) is 14.2 Å². The summed E-state index contributed by atoms with van der Waals surface area (Å²) in [6.45, 7) is 0. The van der Waals surface area contributed by atoms with Gasteiger partial charge in [-0.1, -0.05) is 18.2 Å². The van der Waals surface area contributed by atoms with E-state index in [0.717, 1.165) is 0 Å². The number of carbonyl (C=O) groups is 1. The summed E-state index contributed by atoms with van der Waals surface area (Å²) < 4.78 is 16.7. The van der Waals surface area contributed by atoms with Crippen molar-refractivity contribution in [1.82, 2.24) is 0 Å². The first-order valence-electron chi connectivity index (χ1n) is 6.73. The topological polar surface area (TPSA) is 65.0 Å². The van der Waals surface area contributed by atoms with Gasteiger partial charge in [0.25, 0.3) is 0 Å². The molecule has 0 spiro atoms. The van der Waals surface area contributed by atoms with E-state index in [4.69, 9.17) is 14.2 Å². The van der Waals surface area contributed by atoms with Gasteiger partial charge < -0.3 is 19.3 Å². The molecule has 3 rings (SSSR count). The number of phenolic OH excluding ortho intramolecular Hbond substituents is 1. The zero-order chi connectivity index (χ0) is 16.6. The Morgan fingerprint density at radius 1 is 1.17 bits per heavy atom. The molecule has 1 aliphatic heterocycles. The third-order valence-electron chi connectivity index (χ3n) is 3.48. The Morgan fingerprint density at radius 3 is 2.52 bits per heavy atom. The summed E-state index contributed by atoms with van der Waals surface area (Å²) >= 11 is 3.38. The molecule has 0 saturated carbocycles. The number of benzene rings is 2. The van der Waals surface area contributed by atoms with Crippen LogP contribution in [0.3, 0.4) is 0 Å². The van der Waals surface area contributed by atoms with Crippen molar-refractivity contribution in [3.63, 3.8) is 0 Å². The quantitative estimate of drug-likeness (QED) is 0.825. The average Bonchev–Trinajstić information content (AvgIpc) is 2.88. The first-order chi connectivity index (χ1) is 11.1. The van der Waals surface area contributed by atoms with Crippen molar-refractivity contribution in [3.05, 3.63) is 51.7 Å². The number of fused-ring (bicyclic) bond motifs is 1. The van der Waals surface area contributed by atoms with E-state index in [1.165, 1.54) is 20.3 Å². The van der Waals surface area contributed by atoms with Crippen LogP contribution in [0.25, 0.3) is 6.08 Å². The minimum Gasteiger partial charge on any atom is -0.507 e. The van der Waals surface area contributed by atoms with Gasteiger partial charge in [0.05, 0.1) is 14.2 Å². The third-order valence-corrected chi connectivity index (χ3v) is 4.23. The first-order valence-corrected chi connectivity index (χ1v) is 7.52. The molecule has 1 N–H and O–H groups in total. The Kier molecular flexibility index (Phi) is 4.00. The van der Waals surface area contributed by atoms with Crippen LogP contribution in [-0.2, 0) is 0 Å². The second kappa shape index (κ2) is 5.96. The normalized spacial score (nSPS) is 14.6. The van der Waals surface area contributed by atoms with Gasteiger partial charge in [-0.2, -0.15) is 0 Å². The van der Waals surface area contributed by atoms with Gasteiger partial charge in [-0.3, -0.25) is 4.79 Å². The lowest BCUT2D eigenvalue weighted by atomic mass is 10.1. The molecule has 23 heavy (non-hydrogen) atoms. The molecule has 0 amide bonds. The lowest BCUT2D eigenvalue weighted by Gasteiger charge is -2.10. The number of allylic oxidation sites excluding steroid dienone is 1. The highest BCUT2D eigenvalue weighted by Crippen LogP contribution is 2.48. The number of ether oxygens (including phenoxy) is 3. The van der Waals surface area contributed by atoms with Crippen molar-refractivity contribution in [1.29, 1.82) is 0 Å². The Labute approximate surface area is 141 Å². The van der Waals surface area contributed by atoms with Gasteiger partial charge >= 0.3 is 0 Å². The maximum atomic E-state index is 12.6. The molecule has 0 aromatic heterocycles. The fourth-order valence-electron chi connectivity index (χ4n) is 2.33. The monoisotopic (exact) mass is 376 g/mol. The number of ketones is 1. The lowest BCUT2D eigenvalue weighted by Crippen LogP contribution is -2.00. The predicted octanol–water partition coefficient (Wildman–Crippen LogP) is 3.79. The largest absolute Gasteiger partial charge is 0.507 e. The highest BCUT2D eigenvalue weighted by atomic mass is 79.9. The van der Waals surface area contributed by atoms with Gasteiger partial charge in [-0.15, -0.1) is 0 Å². The van der Waals surface area contributed by atoms with Crippen LogP contribution in [0, 0.1) is 0 Å². The number of carbonyl (C=O) groups excluding carboxylic acids is 1. The predicted molar refractivity (Wildman–Crippen MR) is 88.3 cm³/mol. The van der Waals surface area contributed by atoms with Crippen molar-refractivity contribution < 1.29 is 24.1 Å². The maximum Gasteiger partial charge on any atom is 0.235 e. The molecular weight excluding hydrogens is 364 g/mol. The number of rotatable bonds is 3. The van der Waals surface area contributed by atoms with Crippen molar-refractivity contribution >= 4 is 27.8 Å². The molecule has 0 unspecified atom stereocenters. The minimum atomic E-state index is -0.316. The van der Waals surface area contributed by atoms with E-state index >= 15 is 0 Å². The molecule has 1 aliphatic rings. The van der Waals surface area contributed by atoms with Crippen LogP contribution in [0.1, 0.15) is 15.9 Å². The number of phenols is 1. The van der Waals surface area contributed by atoms with E-state index in [-0.39, 0.29) is 17.3 Å². The van der Waals surface area contributed by atoms with E-state index in [1.54, 1.807) is 30.3 Å². The Morgan fingerprint density at radius 2 is 1.87 bits per heavy atom. The van der Waals surface area contributed by atoms with Crippen LogP contribution in [0.4, 0.5) is 0 Å². The molecule has 118 valence electrons. The number of hydrogen-bond donors (Lipinski definition) is 1. The van der Waals surface area contributed by atoms with Gasteiger partial charge in [0.1, 0.15) is 27.3 Å². The minimum absolute atomic E-state index is 0.0657. The van der Waals surface area contributed by atoms with E-state index < -0.39 is 0 Å². The van der Waals surface area contributed by atoms with Crippen LogP contribution < -0.4 is 14.2 Å². The molecule has 6 heteroatoms. The van der Waals surface area contributed by atoms with Gasteiger partial charge in [-0.05, 0) is 28.1 Å². The van der Waals surface area contributed by atoms with E-state index in [9.17, 15) is 9.90 Å². The summed E-state index contributed by atoms with van der Waals surface area (Å²) in [6.07, 6.45) is 1.50. The highest BCUT2D eigenvalue weighted by Gasteiger charge is 2.35.